The summed E-state index contributed by atoms with van der Waals surface area (Å²) in [6.45, 7) is 1.86. The van der Waals surface area contributed by atoms with Crippen LogP contribution in [0.15, 0.2) is 34.5 Å². The van der Waals surface area contributed by atoms with E-state index in [1.54, 1.807) is 6.26 Å². The Morgan fingerprint density at radius 3 is 3.06 bits per heavy atom. The summed E-state index contributed by atoms with van der Waals surface area (Å²) in [6, 6.07) is 5.71. The number of carbonyl (C=O) groups is 1. The molecule has 0 aliphatic carbocycles. The molecule has 0 fully saturated rings. The Labute approximate surface area is 92.3 Å². The van der Waals surface area contributed by atoms with Crippen molar-refractivity contribution >= 4 is 23.3 Å². The van der Waals surface area contributed by atoms with Gasteiger partial charge in [0.05, 0.1) is 6.26 Å². The van der Waals surface area contributed by atoms with Crippen LogP contribution in [0, 0.1) is 0 Å². The zero-order chi connectivity index (χ0) is 11.1. The average molecular weight is 214 g/mol. The number of fused-ring (bicyclic) bond motifs is 2. The van der Waals surface area contributed by atoms with Crippen LogP contribution in [0.2, 0.25) is 0 Å². The van der Waals surface area contributed by atoms with Gasteiger partial charge in [0.2, 0.25) is 0 Å². The van der Waals surface area contributed by atoms with Gasteiger partial charge in [0.15, 0.2) is 0 Å². The maximum Gasteiger partial charge on any atom is 0.149 e. The molecule has 3 nitrogen and oxygen atoms in total. The molecule has 0 bridgehead atoms. The Morgan fingerprint density at radius 1 is 1.38 bits per heavy atom. The van der Waals surface area contributed by atoms with Gasteiger partial charge in [-0.25, -0.2) is 0 Å². The predicted octanol–water partition coefficient (Wildman–Crippen LogP) is 2.80. The second-order valence-electron chi connectivity index (χ2n) is 3.87. The molecule has 1 aromatic carbocycles. The highest BCUT2D eigenvalue weighted by atomic mass is 16.5. The maximum absolute atomic E-state index is 10.8. The summed E-state index contributed by atoms with van der Waals surface area (Å²) in [4.78, 5) is 10.8. The molecule has 0 N–H and O–H groups in total. The molecular formula is C13H10O3. The van der Waals surface area contributed by atoms with Crippen LogP contribution in [0.5, 0.6) is 5.75 Å². The molecule has 2 heterocycles. The highest BCUT2D eigenvalue weighted by Crippen LogP contribution is 2.33. The smallest absolute Gasteiger partial charge is 0.149 e. The van der Waals surface area contributed by atoms with Gasteiger partial charge in [-0.05, 0) is 25.1 Å². The number of hydrogen-bond acceptors (Lipinski definition) is 3. The van der Waals surface area contributed by atoms with Gasteiger partial charge in [0.1, 0.15) is 23.7 Å². The van der Waals surface area contributed by atoms with E-state index < -0.39 is 0 Å². The van der Waals surface area contributed by atoms with Crippen LogP contribution in [0.4, 0.5) is 0 Å². The third-order valence-electron chi connectivity index (χ3n) is 2.82. The summed E-state index contributed by atoms with van der Waals surface area (Å²) >= 11 is 0. The fraction of sp³-hybridized carbons (Fsp3) is 0.154. The summed E-state index contributed by atoms with van der Waals surface area (Å²) in [5.74, 6) is 0.764. The van der Waals surface area contributed by atoms with Gasteiger partial charge in [-0.15, -0.1) is 0 Å². The molecule has 0 radical (unpaired) electrons. The van der Waals surface area contributed by atoms with Crippen molar-refractivity contribution in [2.24, 2.45) is 0 Å². The minimum Gasteiger partial charge on any atom is -0.485 e. The summed E-state index contributed by atoms with van der Waals surface area (Å²) in [5, 5.41) is 1.01. The Bertz CT molecular complexity index is 592. The van der Waals surface area contributed by atoms with Crippen LogP contribution in [0.1, 0.15) is 12.5 Å². The third kappa shape index (κ3) is 1.25. The lowest BCUT2D eigenvalue weighted by Crippen LogP contribution is -2.19. The lowest BCUT2D eigenvalue weighted by atomic mass is 10.0. The first-order valence-electron chi connectivity index (χ1n) is 5.12. The van der Waals surface area contributed by atoms with Gasteiger partial charge < -0.3 is 9.15 Å². The Kier molecular flexibility index (Phi) is 1.86. The number of aldehydes is 1. The molecule has 0 saturated heterocycles. The summed E-state index contributed by atoms with van der Waals surface area (Å²) < 4.78 is 11.0. The van der Waals surface area contributed by atoms with Crippen LogP contribution in [-0.4, -0.2) is 12.4 Å². The van der Waals surface area contributed by atoms with Crippen molar-refractivity contribution in [3.05, 3.63) is 35.6 Å². The first-order valence-corrected chi connectivity index (χ1v) is 5.12. The quantitative estimate of drug-likeness (QED) is 0.685. The van der Waals surface area contributed by atoms with E-state index in [4.69, 9.17) is 9.15 Å². The molecule has 0 spiro atoms. The highest BCUT2D eigenvalue weighted by Gasteiger charge is 2.19. The predicted molar refractivity (Wildman–Crippen MR) is 60.3 cm³/mol. The van der Waals surface area contributed by atoms with Crippen molar-refractivity contribution < 1.29 is 13.9 Å². The minimum atomic E-state index is -0.197. The first kappa shape index (κ1) is 9.21. The minimum absolute atomic E-state index is 0.197. The SMILES string of the molecule is CC1Oc2cc3occc3cc2C=C1C=O. The lowest BCUT2D eigenvalue weighted by Gasteiger charge is -2.21. The Hall–Kier alpha value is -2.03. The molecule has 1 unspecified atom stereocenters. The standard InChI is InChI=1S/C13H10O3/c1-8-11(7-14)5-10-4-9-2-3-15-12(9)6-13(10)16-8/h2-8H,1H3. The van der Waals surface area contributed by atoms with Gasteiger partial charge in [0, 0.05) is 22.6 Å². The second-order valence-corrected chi connectivity index (χ2v) is 3.87. The number of furan rings is 1. The van der Waals surface area contributed by atoms with Crippen LogP contribution in [0.3, 0.4) is 0 Å². The fourth-order valence-electron chi connectivity index (χ4n) is 1.91. The normalized spacial score (nSPS) is 18.8. The second kappa shape index (κ2) is 3.23. The summed E-state index contributed by atoms with van der Waals surface area (Å²) in [7, 11) is 0. The summed E-state index contributed by atoms with van der Waals surface area (Å²) in [6.07, 6.45) is 4.15. The van der Waals surface area contributed by atoms with E-state index in [2.05, 4.69) is 0 Å². The molecule has 3 rings (SSSR count). The molecule has 0 amide bonds. The number of ether oxygens (including phenoxy) is 1. The third-order valence-corrected chi connectivity index (χ3v) is 2.82. The highest BCUT2D eigenvalue weighted by molar-refractivity contribution is 5.89. The molecule has 0 saturated carbocycles. The molecule has 1 aromatic heterocycles. The number of benzene rings is 1. The van der Waals surface area contributed by atoms with E-state index in [9.17, 15) is 4.79 Å². The Balaban J connectivity index is 2.24. The van der Waals surface area contributed by atoms with E-state index in [1.807, 2.05) is 31.2 Å². The van der Waals surface area contributed by atoms with E-state index in [0.29, 0.717) is 5.57 Å². The fourth-order valence-corrected chi connectivity index (χ4v) is 1.91. The van der Waals surface area contributed by atoms with Gasteiger partial charge in [0.25, 0.3) is 0 Å². The van der Waals surface area contributed by atoms with E-state index in [0.717, 1.165) is 28.6 Å². The zero-order valence-corrected chi connectivity index (χ0v) is 8.77. The van der Waals surface area contributed by atoms with E-state index >= 15 is 0 Å². The molecule has 2 aromatic rings. The van der Waals surface area contributed by atoms with Gasteiger partial charge in [-0.2, -0.15) is 0 Å². The molecule has 1 aliphatic heterocycles. The van der Waals surface area contributed by atoms with E-state index in [-0.39, 0.29) is 6.10 Å². The van der Waals surface area contributed by atoms with Gasteiger partial charge in [-0.1, -0.05) is 0 Å². The van der Waals surface area contributed by atoms with Crippen LogP contribution in [-0.2, 0) is 4.79 Å². The van der Waals surface area contributed by atoms with Crippen molar-refractivity contribution in [3.8, 4) is 5.75 Å². The van der Waals surface area contributed by atoms with Crippen LogP contribution in [0.25, 0.3) is 17.0 Å². The number of hydrogen-bond donors (Lipinski definition) is 0. The first-order chi connectivity index (χ1) is 7.78. The zero-order valence-electron chi connectivity index (χ0n) is 8.77. The van der Waals surface area contributed by atoms with Crippen molar-refractivity contribution in [2.75, 3.05) is 0 Å². The molecule has 3 heteroatoms. The van der Waals surface area contributed by atoms with Gasteiger partial charge >= 0.3 is 0 Å². The average Bonchev–Trinajstić information content (AvgIpc) is 2.72. The number of carbonyl (C=O) groups excluding carboxylic acids is 1. The lowest BCUT2D eigenvalue weighted by molar-refractivity contribution is -0.105. The van der Waals surface area contributed by atoms with Crippen molar-refractivity contribution in [3.63, 3.8) is 0 Å². The monoisotopic (exact) mass is 214 g/mol. The number of rotatable bonds is 1. The summed E-state index contributed by atoms with van der Waals surface area (Å²) in [5.41, 5.74) is 2.39. The molecule has 80 valence electrons. The van der Waals surface area contributed by atoms with Crippen LogP contribution < -0.4 is 4.74 Å². The molecule has 16 heavy (non-hydrogen) atoms. The van der Waals surface area contributed by atoms with Crippen LogP contribution >= 0.6 is 0 Å². The molecular weight excluding hydrogens is 204 g/mol. The van der Waals surface area contributed by atoms with E-state index in [1.165, 1.54) is 0 Å². The Morgan fingerprint density at radius 2 is 2.25 bits per heavy atom. The largest absolute Gasteiger partial charge is 0.485 e. The van der Waals surface area contributed by atoms with Gasteiger partial charge in [-0.3, -0.25) is 4.79 Å². The molecule has 1 atom stereocenters. The van der Waals surface area contributed by atoms with Crippen molar-refractivity contribution in [1.29, 1.82) is 0 Å². The maximum atomic E-state index is 10.8. The molecule has 1 aliphatic rings. The van der Waals surface area contributed by atoms with Crippen molar-refractivity contribution in [1.82, 2.24) is 0 Å². The topological polar surface area (TPSA) is 39.4 Å². The van der Waals surface area contributed by atoms with Crippen molar-refractivity contribution in [2.45, 2.75) is 13.0 Å².